The molecule has 0 aliphatic carbocycles. The molecule has 0 unspecified atom stereocenters. The zero-order chi connectivity index (χ0) is 16.5. The molecule has 0 atom stereocenters. The number of nitrogens with zero attached hydrogens (tertiary/aromatic N) is 1. The molecule has 0 heterocycles. The first-order valence-corrected chi connectivity index (χ1v) is 6.67. The lowest BCUT2D eigenvalue weighted by Crippen LogP contribution is -2.44. The molecule has 0 aromatic carbocycles. The molecule has 0 aromatic heterocycles. The summed E-state index contributed by atoms with van der Waals surface area (Å²) in [5, 5.41) is 13.5. The first-order valence-electron chi connectivity index (χ1n) is 6.67. The summed E-state index contributed by atoms with van der Waals surface area (Å²) in [7, 11) is 3.50. The van der Waals surface area contributed by atoms with Crippen molar-refractivity contribution in [3.05, 3.63) is 0 Å². The highest BCUT2D eigenvalue weighted by molar-refractivity contribution is 5.96. The Labute approximate surface area is 124 Å². The van der Waals surface area contributed by atoms with Crippen molar-refractivity contribution in [2.75, 3.05) is 40.4 Å². The summed E-state index contributed by atoms with van der Waals surface area (Å²) in [6.45, 7) is 5.19. The van der Waals surface area contributed by atoms with Crippen LogP contribution in [0.5, 0.6) is 0 Å². The smallest absolute Gasteiger partial charge is 0.321 e. The third-order valence-electron chi connectivity index (χ3n) is 2.89. The number of urea groups is 1. The first-order chi connectivity index (χ1) is 9.69. The van der Waals surface area contributed by atoms with E-state index in [0.717, 1.165) is 6.54 Å². The number of methoxy groups -OCH3 is 1. The van der Waals surface area contributed by atoms with E-state index in [1.807, 2.05) is 11.9 Å². The standard InChI is InChI=1S/C13H25N3O5/c1-13(2,11(18)19)9-10(17)15-12(20)14-5-6-16(3)7-8-21-4/h5-9H2,1-4H3,(H,18,19)(H2,14,15,17,20). The second-order valence-electron chi connectivity index (χ2n) is 5.47. The van der Waals surface area contributed by atoms with E-state index in [4.69, 9.17) is 9.84 Å². The van der Waals surface area contributed by atoms with Crippen LogP contribution < -0.4 is 10.6 Å². The molecule has 8 nitrogen and oxygen atoms in total. The lowest BCUT2D eigenvalue weighted by Gasteiger charge is -2.18. The van der Waals surface area contributed by atoms with E-state index in [1.165, 1.54) is 13.8 Å². The summed E-state index contributed by atoms with van der Waals surface area (Å²) in [6.07, 6.45) is -0.260. The maximum absolute atomic E-state index is 11.5. The van der Waals surface area contributed by atoms with E-state index >= 15 is 0 Å². The first kappa shape index (κ1) is 19.3. The van der Waals surface area contributed by atoms with Crippen LogP contribution in [0.2, 0.25) is 0 Å². The monoisotopic (exact) mass is 303 g/mol. The molecule has 0 rings (SSSR count). The summed E-state index contributed by atoms with van der Waals surface area (Å²) in [4.78, 5) is 35.9. The minimum atomic E-state index is -1.20. The van der Waals surface area contributed by atoms with Gasteiger partial charge in [0.2, 0.25) is 5.91 Å². The van der Waals surface area contributed by atoms with Crippen LogP contribution in [0.3, 0.4) is 0 Å². The molecule has 0 aromatic rings. The highest BCUT2D eigenvalue weighted by atomic mass is 16.5. The number of carbonyl (C=O) groups is 3. The van der Waals surface area contributed by atoms with E-state index in [9.17, 15) is 14.4 Å². The summed E-state index contributed by atoms with van der Waals surface area (Å²) >= 11 is 0. The van der Waals surface area contributed by atoms with Crippen molar-refractivity contribution < 1.29 is 24.2 Å². The zero-order valence-corrected chi connectivity index (χ0v) is 13.1. The van der Waals surface area contributed by atoms with Gasteiger partial charge in [-0.25, -0.2) is 4.79 Å². The van der Waals surface area contributed by atoms with Gasteiger partial charge in [0.25, 0.3) is 0 Å². The number of imide groups is 1. The highest BCUT2D eigenvalue weighted by Crippen LogP contribution is 2.19. The van der Waals surface area contributed by atoms with Crippen molar-refractivity contribution in [2.24, 2.45) is 5.41 Å². The van der Waals surface area contributed by atoms with Gasteiger partial charge in [-0.15, -0.1) is 0 Å². The number of carbonyl (C=O) groups excluding carboxylic acids is 2. The number of nitrogens with one attached hydrogen (secondary N) is 2. The average molecular weight is 303 g/mol. The van der Waals surface area contributed by atoms with Gasteiger partial charge in [0.1, 0.15) is 0 Å². The second kappa shape index (κ2) is 9.30. The van der Waals surface area contributed by atoms with Gasteiger partial charge < -0.3 is 20.1 Å². The third kappa shape index (κ3) is 8.98. The molecule has 0 saturated heterocycles. The zero-order valence-electron chi connectivity index (χ0n) is 13.1. The van der Waals surface area contributed by atoms with Crippen LogP contribution in [0.1, 0.15) is 20.3 Å². The number of carboxylic acids is 1. The molecule has 0 bridgehead atoms. The summed E-state index contributed by atoms with van der Waals surface area (Å²) in [5.74, 6) is -1.70. The molecular formula is C13H25N3O5. The van der Waals surface area contributed by atoms with Crippen molar-refractivity contribution in [3.63, 3.8) is 0 Å². The number of rotatable bonds is 9. The number of likely N-dealkylation sites (N-methyl/N-ethyl adjacent to an activating group) is 1. The molecule has 21 heavy (non-hydrogen) atoms. The number of aliphatic carboxylic acids is 1. The average Bonchev–Trinajstić information content (AvgIpc) is 2.35. The van der Waals surface area contributed by atoms with Crippen molar-refractivity contribution >= 4 is 17.9 Å². The number of hydrogen-bond acceptors (Lipinski definition) is 5. The van der Waals surface area contributed by atoms with Crippen LogP contribution >= 0.6 is 0 Å². The minimum absolute atomic E-state index is 0.260. The van der Waals surface area contributed by atoms with Crippen molar-refractivity contribution in [3.8, 4) is 0 Å². The van der Waals surface area contributed by atoms with Gasteiger partial charge in [0, 0.05) is 33.2 Å². The van der Waals surface area contributed by atoms with E-state index in [2.05, 4.69) is 10.6 Å². The molecule has 0 radical (unpaired) electrons. The minimum Gasteiger partial charge on any atom is -0.481 e. The van der Waals surface area contributed by atoms with Crippen molar-refractivity contribution in [2.45, 2.75) is 20.3 Å². The van der Waals surface area contributed by atoms with Gasteiger partial charge in [-0.05, 0) is 20.9 Å². The van der Waals surface area contributed by atoms with Crippen molar-refractivity contribution in [1.82, 2.24) is 15.5 Å². The molecule has 3 N–H and O–H groups in total. The SMILES string of the molecule is COCCN(C)CCNC(=O)NC(=O)CC(C)(C)C(=O)O. The lowest BCUT2D eigenvalue weighted by atomic mass is 9.89. The Morgan fingerprint density at radius 1 is 1.24 bits per heavy atom. The Bertz CT molecular complexity index is 371. The fourth-order valence-corrected chi connectivity index (χ4v) is 1.41. The maximum Gasteiger partial charge on any atom is 0.321 e. The van der Waals surface area contributed by atoms with Crippen LogP contribution in [0, 0.1) is 5.41 Å². The van der Waals surface area contributed by atoms with Crippen LogP contribution in [0.25, 0.3) is 0 Å². The van der Waals surface area contributed by atoms with Gasteiger partial charge in [0.05, 0.1) is 12.0 Å². The number of carboxylic acid groups (broad SMARTS) is 1. The fraction of sp³-hybridized carbons (Fsp3) is 0.769. The van der Waals surface area contributed by atoms with E-state index in [1.54, 1.807) is 7.11 Å². The largest absolute Gasteiger partial charge is 0.481 e. The molecule has 3 amide bonds. The number of ether oxygens (including phenoxy) is 1. The lowest BCUT2D eigenvalue weighted by molar-refractivity contribution is -0.149. The highest BCUT2D eigenvalue weighted by Gasteiger charge is 2.30. The predicted octanol–water partition coefficient (Wildman–Crippen LogP) is -0.109. The fourth-order valence-electron chi connectivity index (χ4n) is 1.41. The summed E-state index contributed by atoms with van der Waals surface area (Å²) in [6, 6.07) is -0.624. The number of hydrogen-bond donors (Lipinski definition) is 3. The van der Waals surface area contributed by atoms with Crippen LogP contribution in [-0.2, 0) is 14.3 Å². The molecule has 0 fully saturated rings. The van der Waals surface area contributed by atoms with Gasteiger partial charge in [-0.2, -0.15) is 0 Å². The predicted molar refractivity (Wildman–Crippen MR) is 76.9 cm³/mol. The van der Waals surface area contributed by atoms with Gasteiger partial charge >= 0.3 is 12.0 Å². The Hall–Kier alpha value is -1.67. The topological polar surface area (TPSA) is 108 Å². The third-order valence-corrected chi connectivity index (χ3v) is 2.89. The Balaban J connectivity index is 3.94. The molecule has 8 heteroatoms. The van der Waals surface area contributed by atoms with Gasteiger partial charge in [0.15, 0.2) is 0 Å². The molecule has 0 aliphatic heterocycles. The van der Waals surface area contributed by atoms with Crippen LogP contribution in [-0.4, -0.2) is 68.3 Å². The van der Waals surface area contributed by atoms with Crippen molar-refractivity contribution in [1.29, 1.82) is 0 Å². The van der Waals surface area contributed by atoms with Crippen LogP contribution in [0.4, 0.5) is 4.79 Å². The molecule has 122 valence electrons. The van der Waals surface area contributed by atoms with E-state index < -0.39 is 23.3 Å². The maximum atomic E-state index is 11.5. The molecule has 0 saturated carbocycles. The summed E-state index contributed by atoms with van der Waals surface area (Å²) in [5.41, 5.74) is -1.20. The Morgan fingerprint density at radius 3 is 2.38 bits per heavy atom. The van der Waals surface area contributed by atoms with Gasteiger partial charge in [-0.1, -0.05) is 0 Å². The quantitative estimate of drug-likeness (QED) is 0.548. The Kier molecular flexibility index (Phi) is 8.56. The van der Waals surface area contributed by atoms with E-state index in [0.29, 0.717) is 19.7 Å². The normalized spacial score (nSPS) is 11.3. The molecular weight excluding hydrogens is 278 g/mol. The van der Waals surface area contributed by atoms with Gasteiger partial charge in [-0.3, -0.25) is 14.9 Å². The Morgan fingerprint density at radius 2 is 1.86 bits per heavy atom. The van der Waals surface area contributed by atoms with Crippen LogP contribution in [0.15, 0.2) is 0 Å². The number of amides is 3. The second-order valence-corrected chi connectivity index (χ2v) is 5.47. The van der Waals surface area contributed by atoms with E-state index in [-0.39, 0.29) is 6.42 Å². The summed E-state index contributed by atoms with van der Waals surface area (Å²) < 4.78 is 4.92. The molecule has 0 aliphatic rings. The molecule has 0 spiro atoms.